The first kappa shape index (κ1) is 30.3. The van der Waals surface area contributed by atoms with Gasteiger partial charge in [-0.1, -0.05) is 132 Å². The third-order valence-electron chi connectivity index (χ3n) is 6.98. The van der Waals surface area contributed by atoms with Crippen LogP contribution in [0.4, 0.5) is 0 Å². The van der Waals surface area contributed by atoms with Gasteiger partial charge in [0.05, 0.1) is 0 Å². The fourth-order valence-corrected chi connectivity index (χ4v) is 11.8. The molecule has 4 aromatic rings. The molecule has 0 bridgehead atoms. The summed E-state index contributed by atoms with van der Waals surface area (Å²) in [5.74, 6) is 3.48. The van der Waals surface area contributed by atoms with Crippen LogP contribution in [-0.4, -0.2) is 22.6 Å². The maximum atomic E-state index is 6.74. The first-order chi connectivity index (χ1) is 19.2. The minimum atomic E-state index is -0.471. The molecule has 0 amide bonds. The summed E-state index contributed by atoms with van der Waals surface area (Å²) in [6.07, 6.45) is 0. The maximum Gasteiger partial charge on any atom is 0.136 e. The first-order valence-corrected chi connectivity index (χ1v) is 17.4. The van der Waals surface area contributed by atoms with E-state index in [2.05, 4.69) is 91.8 Å². The Kier molecular flexibility index (Phi) is 10.5. The van der Waals surface area contributed by atoms with Gasteiger partial charge in [0.25, 0.3) is 0 Å². The van der Waals surface area contributed by atoms with Gasteiger partial charge in [0.15, 0.2) is 0 Å². The van der Waals surface area contributed by atoms with Crippen molar-refractivity contribution < 1.29 is 9.47 Å². The predicted octanol–water partition coefficient (Wildman–Crippen LogP) is 10.8. The molecular formula is C36H44O2P2. The van der Waals surface area contributed by atoms with E-state index in [-0.39, 0.29) is 0 Å². The normalized spacial score (nSPS) is 11.8. The number of hydrogen-bond acceptors (Lipinski definition) is 2. The lowest BCUT2D eigenvalue weighted by Gasteiger charge is -2.33. The van der Waals surface area contributed by atoms with Gasteiger partial charge in [0, 0.05) is 11.1 Å². The van der Waals surface area contributed by atoms with Crippen molar-refractivity contribution in [1.82, 2.24) is 0 Å². The minimum absolute atomic E-state index is 0.471. The van der Waals surface area contributed by atoms with E-state index in [1.165, 1.54) is 21.7 Å². The standard InChI is InChI=1S/C36H44O2P2/c1-25(2)39(26(3)4)33-23-15-21-31(37-29-17-11-9-12-18-29)35(33)36-32(38-30-19-13-10-14-20-30)22-16-24-34(36)40(27(5)6)28(7)8/h9-28H,1-8H3. The zero-order chi connectivity index (χ0) is 28.8. The van der Waals surface area contributed by atoms with Gasteiger partial charge >= 0.3 is 0 Å². The molecule has 0 spiro atoms. The van der Waals surface area contributed by atoms with Crippen molar-refractivity contribution in [3.05, 3.63) is 97.1 Å². The average Bonchev–Trinajstić information content (AvgIpc) is 2.90. The van der Waals surface area contributed by atoms with Crippen LogP contribution in [-0.2, 0) is 0 Å². The molecule has 4 aromatic carbocycles. The van der Waals surface area contributed by atoms with Crippen LogP contribution in [0.25, 0.3) is 11.1 Å². The fourth-order valence-electron chi connectivity index (χ4n) is 5.68. The van der Waals surface area contributed by atoms with Gasteiger partial charge in [-0.2, -0.15) is 0 Å². The van der Waals surface area contributed by atoms with Gasteiger partial charge in [-0.15, -0.1) is 0 Å². The Hall–Kier alpha value is -2.66. The SMILES string of the molecule is CC(C)P(c1cccc(Oc2ccccc2)c1-c1c(Oc2ccccc2)cccc1P(C(C)C)C(C)C)C(C)C. The van der Waals surface area contributed by atoms with Crippen LogP contribution in [0.2, 0.25) is 0 Å². The second-order valence-electron chi connectivity index (χ2n) is 11.3. The van der Waals surface area contributed by atoms with Crippen molar-refractivity contribution in [3.63, 3.8) is 0 Å². The highest BCUT2D eigenvalue weighted by atomic mass is 31.1. The summed E-state index contributed by atoms with van der Waals surface area (Å²) in [7, 11) is -0.943. The van der Waals surface area contributed by atoms with Crippen LogP contribution in [0, 0.1) is 0 Å². The van der Waals surface area contributed by atoms with Crippen molar-refractivity contribution in [2.75, 3.05) is 0 Å². The van der Waals surface area contributed by atoms with E-state index in [9.17, 15) is 0 Å². The van der Waals surface area contributed by atoms with Crippen molar-refractivity contribution >= 4 is 26.5 Å². The molecule has 0 saturated carbocycles. The summed E-state index contributed by atoms with van der Waals surface area (Å²) in [6.45, 7) is 18.9. The fraction of sp³-hybridized carbons (Fsp3) is 0.333. The molecule has 0 atom stereocenters. The highest BCUT2D eigenvalue weighted by molar-refractivity contribution is 7.68. The average molecular weight is 571 g/mol. The Labute approximate surface area is 244 Å². The summed E-state index contributed by atoms with van der Waals surface area (Å²) in [5, 5.41) is 2.78. The molecule has 0 aromatic heterocycles. The molecule has 40 heavy (non-hydrogen) atoms. The Morgan fingerprint density at radius 3 is 1.02 bits per heavy atom. The lowest BCUT2D eigenvalue weighted by Crippen LogP contribution is -2.22. The van der Waals surface area contributed by atoms with Crippen LogP contribution >= 0.6 is 15.8 Å². The third-order valence-corrected chi connectivity index (χ3v) is 13.3. The predicted molar refractivity (Wildman–Crippen MR) is 179 cm³/mol. The second-order valence-corrected chi connectivity index (χ2v) is 18.0. The van der Waals surface area contributed by atoms with Crippen molar-refractivity contribution in [1.29, 1.82) is 0 Å². The smallest absolute Gasteiger partial charge is 0.136 e. The van der Waals surface area contributed by atoms with Crippen LogP contribution < -0.4 is 20.1 Å². The molecule has 4 rings (SSSR count). The van der Waals surface area contributed by atoms with Gasteiger partial charge in [0.2, 0.25) is 0 Å². The lowest BCUT2D eigenvalue weighted by molar-refractivity contribution is 0.478. The Morgan fingerprint density at radius 2 is 0.725 bits per heavy atom. The Bertz CT molecular complexity index is 1240. The van der Waals surface area contributed by atoms with Crippen molar-refractivity contribution in [2.24, 2.45) is 0 Å². The molecule has 0 radical (unpaired) electrons. The van der Waals surface area contributed by atoms with Crippen LogP contribution in [0.5, 0.6) is 23.0 Å². The highest BCUT2D eigenvalue weighted by Crippen LogP contribution is 2.54. The second kappa shape index (κ2) is 13.8. The number of ether oxygens (including phenoxy) is 2. The van der Waals surface area contributed by atoms with Gasteiger partial charge < -0.3 is 9.47 Å². The van der Waals surface area contributed by atoms with E-state index in [0.717, 1.165) is 23.0 Å². The monoisotopic (exact) mass is 570 g/mol. The van der Waals surface area contributed by atoms with Gasteiger partial charge in [-0.3, -0.25) is 0 Å². The summed E-state index contributed by atoms with van der Waals surface area (Å²) in [6, 6.07) is 33.6. The quantitative estimate of drug-likeness (QED) is 0.167. The molecule has 0 aliphatic carbocycles. The van der Waals surface area contributed by atoms with E-state index in [1.807, 2.05) is 60.7 Å². The van der Waals surface area contributed by atoms with Crippen molar-refractivity contribution in [2.45, 2.75) is 78.0 Å². The molecule has 2 nitrogen and oxygen atoms in total. The number of hydrogen-bond donors (Lipinski definition) is 0. The number of benzene rings is 4. The topological polar surface area (TPSA) is 18.5 Å². The maximum absolute atomic E-state index is 6.74. The summed E-state index contributed by atoms with van der Waals surface area (Å²) in [5.41, 5.74) is 4.50. The zero-order valence-electron chi connectivity index (χ0n) is 25.3. The van der Waals surface area contributed by atoms with E-state index in [4.69, 9.17) is 9.47 Å². The zero-order valence-corrected chi connectivity index (χ0v) is 27.0. The molecule has 0 N–H and O–H groups in total. The summed E-state index contributed by atoms with van der Waals surface area (Å²) >= 11 is 0. The highest BCUT2D eigenvalue weighted by Gasteiger charge is 2.31. The van der Waals surface area contributed by atoms with Crippen LogP contribution in [0.3, 0.4) is 0 Å². The minimum Gasteiger partial charge on any atom is -0.457 e. The molecule has 4 heteroatoms. The largest absolute Gasteiger partial charge is 0.457 e. The molecule has 0 heterocycles. The van der Waals surface area contributed by atoms with Crippen LogP contribution in [0.1, 0.15) is 55.4 Å². The molecule has 0 unspecified atom stereocenters. The van der Waals surface area contributed by atoms with E-state index < -0.39 is 15.8 Å². The molecule has 0 fully saturated rings. The van der Waals surface area contributed by atoms with E-state index >= 15 is 0 Å². The summed E-state index contributed by atoms with van der Waals surface area (Å²) < 4.78 is 13.5. The van der Waals surface area contributed by atoms with E-state index in [0.29, 0.717) is 22.6 Å². The van der Waals surface area contributed by atoms with Gasteiger partial charge in [-0.05, 0) is 69.6 Å². The lowest BCUT2D eigenvalue weighted by atomic mass is 10.0. The first-order valence-electron chi connectivity index (χ1n) is 14.5. The molecule has 0 saturated heterocycles. The molecule has 0 aliphatic heterocycles. The number of rotatable bonds is 11. The van der Waals surface area contributed by atoms with Crippen molar-refractivity contribution in [3.8, 4) is 34.1 Å². The third kappa shape index (κ3) is 6.97. The number of para-hydroxylation sites is 2. The molecule has 0 aliphatic rings. The molecular weight excluding hydrogens is 526 g/mol. The van der Waals surface area contributed by atoms with Crippen LogP contribution in [0.15, 0.2) is 97.1 Å². The summed E-state index contributed by atoms with van der Waals surface area (Å²) in [4.78, 5) is 0. The van der Waals surface area contributed by atoms with E-state index in [1.54, 1.807) is 0 Å². The Balaban J connectivity index is 2.09. The van der Waals surface area contributed by atoms with Gasteiger partial charge in [0.1, 0.15) is 23.0 Å². The molecule has 210 valence electrons. The van der Waals surface area contributed by atoms with Gasteiger partial charge in [-0.25, -0.2) is 0 Å². The Morgan fingerprint density at radius 1 is 0.400 bits per heavy atom.